The van der Waals surface area contributed by atoms with Gasteiger partial charge in [0.25, 0.3) is 5.56 Å². The van der Waals surface area contributed by atoms with Crippen molar-refractivity contribution in [3.05, 3.63) is 52.0 Å². The average molecular weight is 309 g/mol. The van der Waals surface area contributed by atoms with E-state index in [0.717, 1.165) is 19.0 Å². The zero-order chi connectivity index (χ0) is 14.8. The van der Waals surface area contributed by atoms with Gasteiger partial charge >= 0.3 is 0 Å². The molecule has 3 heterocycles. The Bertz CT molecular complexity index is 705. The molecule has 1 atom stereocenters. The lowest BCUT2D eigenvalue weighted by Crippen LogP contribution is -2.40. The van der Waals surface area contributed by atoms with Crippen LogP contribution in [0.5, 0.6) is 0 Å². The van der Waals surface area contributed by atoms with Gasteiger partial charge in [-0.3, -0.25) is 4.79 Å². The molecule has 0 aromatic carbocycles. The molecular formula is C14H14ClFN4O. The molecule has 0 bridgehead atoms. The molecule has 21 heavy (non-hydrogen) atoms. The van der Waals surface area contributed by atoms with Gasteiger partial charge in [0.2, 0.25) is 5.28 Å². The molecule has 5 nitrogen and oxygen atoms in total. The van der Waals surface area contributed by atoms with Gasteiger partial charge < -0.3 is 9.47 Å². The monoisotopic (exact) mass is 308 g/mol. The standard InChI is InChI=1S/C14H14ClFN4O/c15-14-17-8-11(16)13(18-14)19-6-3-4-10(9-19)20-7-2-1-5-12(20)21/h1-2,5,7-8,10H,3-4,6,9H2. The van der Waals surface area contributed by atoms with Crippen LogP contribution in [0, 0.1) is 5.82 Å². The summed E-state index contributed by atoms with van der Waals surface area (Å²) in [6.45, 7) is 1.20. The maximum absolute atomic E-state index is 13.9. The van der Waals surface area contributed by atoms with Crippen molar-refractivity contribution in [2.75, 3.05) is 18.0 Å². The van der Waals surface area contributed by atoms with Crippen molar-refractivity contribution < 1.29 is 4.39 Å². The lowest BCUT2D eigenvalue weighted by atomic mass is 10.1. The first-order valence-corrected chi connectivity index (χ1v) is 7.13. The number of hydrogen-bond donors (Lipinski definition) is 0. The molecule has 2 aromatic heterocycles. The summed E-state index contributed by atoms with van der Waals surface area (Å²) in [4.78, 5) is 21.3. The summed E-state index contributed by atoms with van der Waals surface area (Å²) in [6, 6.07) is 5.06. The van der Waals surface area contributed by atoms with Gasteiger partial charge in [0.15, 0.2) is 11.6 Å². The molecule has 2 aromatic rings. The van der Waals surface area contributed by atoms with Crippen molar-refractivity contribution in [1.82, 2.24) is 14.5 Å². The largest absolute Gasteiger partial charge is 0.352 e. The van der Waals surface area contributed by atoms with E-state index in [1.165, 1.54) is 6.07 Å². The molecule has 0 saturated carbocycles. The van der Waals surface area contributed by atoms with Crippen LogP contribution in [-0.2, 0) is 0 Å². The van der Waals surface area contributed by atoms with Crippen LogP contribution in [0.25, 0.3) is 0 Å². The minimum atomic E-state index is -0.500. The summed E-state index contributed by atoms with van der Waals surface area (Å²) >= 11 is 5.74. The molecule has 1 aliphatic rings. The highest BCUT2D eigenvalue weighted by atomic mass is 35.5. The van der Waals surface area contributed by atoms with Gasteiger partial charge in [-0.1, -0.05) is 6.07 Å². The maximum atomic E-state index is 13.9. The van der Waals surface area contributed by atoms with Gasteiger partial charge in [0.05, 0.1) is 12.2 Å². The minimum Gasteiger partial charge on any atom is -0.352 e. The van der Waals surface area contributed by atoms with E-state index >= 15 is 0 Å². The second kappa shape index (κ2) is 5.81. The predicted molar refractivity (Wildman–Crippen MR) is 78.2 cm³/mol. The number of pyridine rings is 1. The topological polar surface area (TPSA) is 51.0 Å². The van der Waals surface area contributed by atoms with Crippen molar-refractivity contribution in [2.45, 2.75) is 18.9 Å². The van der Waals surface area contributed by atoms with E-state index in [0.29, 0.717) is 13.1 Å². The number of nitrogens with zero attached hydrogens (tertiary/aromatic N) is 4. The van der Waals surface area contributed by atoms with E-state index in [1.54, 1.807) is 16.8 Å². The van der Waals surface area contributed by atoms with Crippen LogP contribution in [0.4, 0.5) is 10.2 Å². The normalized spacial score (nSPS) is 18.8. The number of hydrogen-bond acceptors (Lipinski definition) is 4. The van der Waals surface area contributed by atoms with E-state index in [2.05, 4.69) is 9.97 Å². The van der Waals surface area contributed by atoms with Crippen LogP contribution >= 0.6 is 11.6 Å². The Morgan fingerprint density at radius 1 is 1.38 bits per heavy atom. The Morgan fingerprint density at radius 2 is 2.24 bits per heavy atom. The van der Waals surface area contributed by atoms with Crippen LogP contribution in [0.2, 0.25) is 5.28 Å². The van der Waals surface area contributed by atoms with Gasteiger partial charge in [-0.2, -0.15) is 4.98 Å². The molecule has 110 valence electrons. The van der Waals surface area contributed by atoms with E-state index in [9.17, 15) is 9.18 Å². The molecule has 0 radical (unpaired) electrons. The summed E-state index contributed by atoms with van der Waals surface area (Å²) in [5.41, 5.74) is -0.0504. The Labute approximate surface area is 126 Å². The van der Waals surface area contributed by atoms with Crippen LogP contribution in [0.15, 0.2) is 35.4 Å². The number of aromatic nitrogens is 3. The van der Waals surface area contributed by atoms with Crippen molar-refractivity contribution in [1.29, 1.82) is 0 Å². The Kier molecular flexibility index (Phi) is 3.88. The average Bonchev–Trinajstić information content (AvgIpc) is 2.50. The van der Waals surface area contributed by atoms with Gasteiger partial charge in [0, 0.05) is 25.4 Å². The Hall–Kier alpha value is -1.95. The number of anilines is 1. The highest BCUT2D eigenvalue weighted by molar-refractivity contribution is 6.28. The fourth-order valence-corrected chi connectivity index (χ4v) is 2.80. The molecule has 7 heteroatoms. The van der Waals surface area contributed by atoms with E-state index in [4.69, 9.17) is 11.6 Å². The molecule has 0 aliphatic carbocycles. The number of halogens is 2. The summed E-state index contributed by atoms with van der Waals surface area (Å²) in [6.07, 6.45) is 4.57. The number of piperidine rings is 1. The van der Waals surface area contributed by atoms with Crippen LogP contribution in [-0.4, -0.2) is 27.6 Å². The van der Waals surface area contributed by atoms with E-state index < -0.39 is 5.82 Å². The van der Waals surface area contributed by atoms with Crippen molar-refractivity contribution in [3.8, 4) is 0 Å². The summed E-state index contributed by atoms with van der Waals surface area (Å²) in [7, 11) is 0. The first-order valence-electron chi connectivity index (χ1n) is 6.75. The van der Waals surface area contributed by atoms with Crippen molar-refractivity contribution >= 4 is 17.4 Å². The van der Waals surface area contributed by atoms with Crippen LogP contribution in [0.3, 0.4) is 0 Å². The predicted octanol–water partition coefficient (Wildman–Crippen LogP) is 2.27. The lowest BCUT2D eigenvalue weighted by molar-refractivity contribution is 0.392. The van der Waals surface area contributed by atoms with Crippen molar-refractivity contribution in [3.63, 3.8) is 0 Å². The second-order valence-corrected chi connectivity index (χ2v) is 5.34. The van der Waals surface area contributed by atoms with Gasteiger partial charge in [0.1, 0.15) is 0 Å². The molecule has 1 unspecified atom stereocenters. The fraction of sp³-hybridized carbons (Fsp3) is 0.357. The molecule has 0 spiro atoms. The zero-order valence-electron chi connectivity index (χ0n) is 11.2. The van der Waals surface area contributed by atoms with E-state index in [1.807, 2.05) is 11.0 Å². The second-order valence-electron chi connectivity index (χ2n) is 5.00. The molecule has 0 amide bonds. The third-order valence-electron chi connectivity index (χ3n) is 3.64. The smallest absolute Gasteiger partial charge is 0.250 e. The highest BCUT2D eigenvalue weighted by Gasteiger charge is 2.24. The molecule has 1 saturated heterocycles. The molecular weight excluding hydrogens is 295 g/mol. The third kappa shape index (κ3) is 2.90. The van der Waals surface area contributed by atoms with Crippen LogP contribution < -0.4 is 10.5 Å². The molecule has 0 N–H and O–H groups in total. The first-order chi connectivity index (χ1) is 10.1. The molecule has 1 fully saturated rings. The summed E-state index contributed by atoms with van der Waals surface area (Å²) < 4.78 is 15.6. The summed E-state index contributed by atoms with van der Waals surface area (Å²) in [5, 5.41) is 0.0189. The molecule has 3 rings (SSSR count). The van der Waals surface area contributed by atoms with Gasteiger partial charge in [-0.15, -0.1) is 0 Å². The van der Waals surface area contributed by atoms with Gasteiger partial charge in [-0.25, -0.2) is 9.37 Å². The Morgan fingerprint density at radius 3 is 3.05 bits per heavy atom. The molecule has 1 aliphatic heterocycles. The third-order valence-corrected chi connectivity index (χ3v) is 3.82. The SMILES string of the molecule is O=c1ccccn1C1CCCN(c2nc(Cl)ncc2F)C1. The van der Waals surface area contributed by atoms with Gasteiger partial charge in [-0.05, 0) is 30.5 Å². The van der Waals surface area contributed by atoms with Crippen LogP contribution in [0.1, 0.15) is 18.9 Å². The Balaban J connectivity index is 1.88. The zero-order valence-corrected chi connectivity index (χ0v) is 12.0. The van der Waals surface area contributed by atoms with E-state index in [-0.39, 0.29) is 22.7 Å². The van der Waals surface area contributed by atoms with Crippen molar-refractivity contribution in [2.24, 2.45) is 0 Å². The highest BCUT2D eigenvalue weighted by Crippen LogP contribution is 2.26. The minimum absolute atomic E-state index is 0.000547. The number of rotatable bonds is 2. The lowest BCUT2D eigenvalue weighted by Gasteiger charge is -2.34. The first kappa shape index (κ1) is 14.0. The summed E-state index contributed by atoms with van der Waals surface area (Å²) in [5.74, 6) is -0.302. The fourth-order valence-electron chi connectivity index (χ4n) is 2.67. The maximum Gasteiger partial charge on any atom is 0.250 e. The quantitative estimate of drug-likeness (QED) is 0.799.